The van der Waals surface area contributed by atoms with E-state index in [0.29, 0.717) is 67.9 Å². The summed E-state index contributed by atoms with van der Waals surface area (Å²) in [6.07, 6.45) is 4.59. The van der Waals surface area contributed by atoms with E-state index in [1.807, 2.05) is 20.8 Å². The second-order valence-corrected chi connectivity index (χ2v) is 20.9. The minimum absolute atomic E-state index is 0.0447. The summed E-state index contributed by atoms with van der Waals surface area (Å²) < 4.78 is 15.6. The van der Waals surface area contributed by atoms with Gasteiger partial charge >= 0.3 is 17.9 Å². The molecule has 5 rings (SSSR count). The lowest BCUT2D eigenvalue weighted by Crippen LogP contribution is -2.25. The Kier molecular flexibility index (Phi) is 28.7. The molecule has 0 saturated carbocycles. The fourth-order valence-electron chi connectivity index (χ4n) is 6.36. The molecule has 16 N–H and O–H groups in total. The van der Waals surface area contributed by atoms with E-state index >= 15 is 0 Å². The highest BCUT2D eigenvalue weighted by Gasteiger charge is 2.21. The molecule has 26 nitrogen and oxygen atoms in total. The number of carbonyl (C=O) groups excluding carboxylic acids is 7. The third-order valence-corrected chi connectivity index (χ3v) is 10.00. The highest BCUT2D eigenvalue weighted by Crippen LogP contribution is 2.26. The second kappa shape index (κ2) is 33.8. The summed E-state index contributed by atoms with van der Waals surface area (Å²) in [4.78, 5) is 100. The van der Waals surface area contributed by atoms with Crippen molar-refractivity contribution in [3.63, 3.8) is 0 Å². The number of hydrogen-bond donors (Lipinski definition) is 10. The molecule has 0 fully saturated rings. The van der Waals surface area contributed by atoms with E-state index in [0.717, 1.165) is 24.3 Å². The topological polar surface area (TPSA) is 438 Å². The number of nitrogens with zero attached hydrogens (tertiary/aromatic N) is 2. The van der Waals surface area contributed by atoms with E-state index in [-0.39, 0.29) is 60.0 Å². The van der Waals surface area contributed by atoms with Crippen molar-refractivity contribution in [3.8, 4) is 0 Å². The summed E-state index contributed by atoms with van der Waals surface area (Å²) in [5, 5.41) is 31.1. The molecule has 0 atom stereocenters. The summed E-state index contributed by atoms with van der Waals surface area (Å²) in [6.45, 7) is 29.5. The summed E-state index contributed by atoms with van der Waals surface area (Å²) in [5.41, 5.74) is 37.6. The number of non-ortho nitro benzene ring substituents is 2. The number of rotatable bonds is 16. The van der Waals surface area contributed by atoms with Gasteiger partial charge in [0.25, 0.3) is 11.4 Å². The standard InChI is InChI=1S/C18H22N2O4.C12H13N3O2.C12H16N2O4.C12H18N2O2.C6H7N3O2/c1-6-15(21)19-13-8-9-14(20-16(22)7-2)12(10-13)11-17(23)24-18(3,4)5;1-3-11(16)14-8-5-6-10(9(13)7-8)15-12(17)4-2;1-12(2,3)18-11(15)7-8-6-9(14(16)17)4-5-10(8)13;1-12(2,3)16-11(15)7-8-6-9(13)4-5-10(8)14;7-5-2-1-4(9(10)11)3-6(5)8/h6-10H,1-2,11H2,3-5H3,(H,19,21)(H,20,22);3-7H,1-2,13H2,(H,14,16)(H,15,17);4-6H,7,13H2,1-3H3;4-6H,7,13-14H2,1-3H3;1-3H,7-8H2. The maximum absolute atomic E-state index is 12.1. The molecule has 0 radical (unpaired) electrons. The fraction of sp³-hybridized carbons (Fsp3) is 0.250. The minimum Gasteiger partial charge on any atom is -0.460 e. The molecule has 0 aliphatic rings. The lowest BCUT2D eigenvalue weighted by molar-refractivity contribution is -0.385. The van der Waals surface area contributed by atoms with E-state index in [2.05, 4.69) is 47.6 Å². The van der Waals surface area contributed by atoms with Crippen molar-refractivity contribution in [3.05, 3.63) is 179 Å². The number of nitro benzene ring substituents is 2. The number of nitrogens with two attached hydrogens (primary N) is 6. The zero-order valence-corrected chi connectivity index (χ0v) is 49.5. The molecule has 0 bridgehead atoms. The van der Waals surface area contributed by atoms with E-state index in [1.165, 1.54) is 36.4 Å². The van der Waals surface area contributed by atoms with Crippen LogP contribution < -0.4 is 55.7 Å². The van der Waals surface area contributed by atoms with Crippen LogP contribution in [-0.4, -0.2) is 68.2 Å². The predicted octanol–water partition coefficient (Wildman–Crippen LogP) is 8.89. The Bertz CT molecular complexity index is 3320. The summed E-state index contributed by atoms with van der Waals surface area (Å²) in [7, 11) is 0. The number of esters is 3. The van der Waals surface area contributed by atoms with E-state index in [1.54, 1.807) is 96.1 Å². The zero-order valence-electron chi connectivity index (χ0n) is 49.5. The van der Waals surface area contributed by atoms with Gasteiger partial charge in [-0.1, -0.05) is 26.3 Å². The largest absolute Gasteiger partial charge is 0.460 e. The molecule has 0 heterocycles. The van der Waals surface area contributed by atoms with Gasteiger partial charge in [0.2, 0.25) is 23.6 Å². The Morgan fingerprint density at radius 2 is 0.767 bits per heavy atom. The second-order valence-electron chi connectivity index (χ2n) is 20.9. The molecule has 86 heavy (non-hydrogen) atoms. The van der Waals surface area contributed by atoms with Crippen molar-refractivity contribution < 1.29 is 57.6 Å². The summed E-state index contributed by atoms with van der Waals surface area (Å²) in [5.74, 6) is -2.65. The maximum Gasteiger partial charge on any atom is 0.310 e. The third-order valence-electron chi connectivity index (χ3n) is 10.00. The third kappa shape index (κ3) is 29.6. The van der Waals surface area contributed by atoms with Gasteiger partial charge in [-0.25, -0.2) is 0 Å². The van der Waals surface area contributed by atoms with Crippen molar-refractivity contribution >= 4 is 110 Å². The molecule has 460 valence electrons. The van der Waals surface area contributed by atoms with Gasteiger partial charge < -0.3 is 69.9 Å². The van der Waals surface area contributed by atoms with Crippen LogP contribution >= 0.6 is 0 Å². The van der Waals surface area contributed by atoms with Gasteiger partial charge in [0, 0.05) is 58.4 Å². The first-order chi connectivity index (χ1) is 39.8. The molecule has 0 aliphatic carbocycles. The molecule has 0 aromatic heterocycles. The fourth-order valence-corrected chi connectivity index (χ4v) is 6.36. The van der Waals surface area contributed by atoms with Crippen LogP contribution in [0.1, 0.15) is 79.0 Å². The number of ether oxygens (including phenoxy) is 3. The quantitative estimate of drug-likeness (QED) is 0.0110. The van der Waals surface area contributed by atoms with Crippen LogP contribution in [0.4, 0.5) is 68.2 Å². The molecule has 4 amide bonds. The Morgan fingerprint density at radius 1 is 0.419 bits per heavy atom. The van der Waals surface area contributed by atoms with Gasteiger partial charge in [-0.15, -0.1) is 0 Å². The number of nitrogen functional groups attached to an aromatic ring is 6. The normalized spacial score (nSPS) is 10.3. The highest BCUT2D eigenvalue weighted by molar-refractivity contribution is 6.03. The van der Waals surface area contributed by atoms with Crippen LogP contribution in [0.5, 0.6) is 0 Å². The Labute approximate surface area is 498 Å². The number of nitrogens with one attached hydrogen (secondary N) is 4. The maximum atomic E-state index is 12.1. The first-order valence-corrected chi connectivity index (χ1v) is 25.7. The number of amides is 4. The number of hydrogen-bond acceptors (Lipinski definition) is 20. The highest BCUT2D eigenvalue weighted by atomic mass is 16.6. The molecule has 0 spiro atoms. The molecular weight excluding hydrogens is 1110 g/mol. The van der Waals surface area contributed by atoms with Gasteiger partial charge in [0.1, 0.15) is 16.8 Å². The first kappa shape index (κ1) is 73.0. The van der Waals surface area contributed by atoms with Crippen LogP contribution in [0.15, 0.2) is 142 Å². The number of carbonyl (C=O) groups is 7. The molecule has 0 saturated heterocycles. The molecule has 26 heteroatoms. The number of benzene rings is 5. The van der Waals surface area contributed by atoms with Crippen LogP contribution in [0.3, 0.4) is 0 Å². The van der Waals surface area contributed by atoms with Crippen LogP contribution in [0, 0.1) is 20.2 Å². The minimum atomic E-state index is -0.615. The van der Waals surface area contributed by atoms with E-state index in [9.17, 15) is 53.8 Å². The van der Waals surface area contributed by atoms with E-state index < -0.39 is 44.5 Å². The van der Waals surface area contributed by atoms with Gasteiger partial charge in [-0.3, -0.25) is 53.8 Å². The molecule has 5 aromatic rings. The van der Waals surface area contributed by atoms with Crippen LogP contribution in [0.25, 0.3) is 0 Å². The monoisotopic (exact) mass is 1190 g/mol. The Hall–Kier alpha value is -11.1. The van der Waals surface area contributed by atoms with Gasteiger partial charge in [0.15, 0.2) is 0 Å². The van der Waals surface area contributed by atoms with Crippen molar-refractivity contribution in [2.24, 2.45) is 0 Å². The molecular formula is C60H76N12O14. The zero-order chi connectivity index (χ0) is 65.9. The van der Waals surface area contributed by atoms with Crippen molar-refractivity contribution in [2.45, 2.75) is 98.4 Å². The molecule has 0 unspecified atom stereocenters. The average Bonchev–Trinajstić information content (AvgIpc) is 3.56. The Morgan fingerprint density at radius 3 is 1.16 bits per heavy atom. The number of nitro groups is 2. The van der Waals surface area contributed by atoms with E-state index in [4.69, 9.17) is 48.6 Å². The molecule has 5 aromatic carbocycles. The lowest BCUT2D eigenvalue weighted by atomic mass is 10.1. The average molecular weight is 1190 g/mol. The van der Waals surface area contributed by atoms with Crippen molar-refractivity contribution in [2.75, 3.05) is 55.7 Å². The summed E-state index contributed by atoms with van der Waals surface area (Å²) >= 11 is 0. The van der Waals surface area contributed by atoms with Gasteiger partial charge in [0.05, 0.1) is 51.9 Å². The lowest BCUT2D eigenvalue weighted by Gasteiger charge is -2.20. The van der Waals surface area contributed by atoms with Crippen molar-refractivity contribution in [1.82, 2.24) is 0 Å². The van der Waals surface area contributed by atoms with Crippen molar-refractivity contribution in [1.29, 1.82) is 0 Å². The predicted molar refractivity (Wildman–Crippen MR) is 336 cm³/mol. The summed E-state index contributed by atoms with van der Waals surface area (Å²) in [6, 6.07) is 22.6. The Balaban J connectivity index is 0.000000548. The van der Waals surface area contributed by atoms with Crippen LogP contribution in [0.2, 0.25) is 0 Å². The first-order valence-electron chi connectivity index (χ1n) is 25.7. The van der Waals surface area contributed by atoms with Gasteiger partial charge in [-0.05, 0) is 170 Å². The van der Waals surface area contributed by atoms with Crippen LogP contribution in [-0.2, 0) is 67.0 Å². The number of anilines is 10. The SMILES string of the molecule is C=CC(=O)Nc1ccc(NC(=O)C=C)c(CC(=O)OC(C)(C)C)c1.C=CC(=O)Nc1ccc(NC(=O)C=C)c(N)c1.CC(C)(C)OC(=O)Cc1cc(N)ccc1N.CC(C)(C)OC(=O)Cc1cc([N+](=O)[O-])ccc1N.Nc1ccc([N+](=O)[O-])cc1N. The van der Waals surface area contributed by atoms with Gasteiger partial charge in [-0.2, -0.15) is 0 Å². The molecule has 0 aliphatic heterocycles. The smallest absolute Gasteiger partial charge is 0.310 e.